The van der Waals surface area contributed by atoms with Crippen LogP contribution in [0.4, 0.5) is 10.1 Å². The fourth-order valence-corrected chi connectivity index (χ4v) is 4.68. The minimum Gasteiger partial charge on any atom is -0.496 e. The lowest BCUT2D eigenvalue weighted by Gasteiger charge is -2.18. The van der Waals surface area contributed by atoms with Crippen LogP contribution in [-0.4, -0.2) is 40.2 Å². The van der Waals surface area contributed by atoms with E-state index in [0.717, 1.165) is 27.8 Å². The molecule has 3 aromatic carbocycles. The molecule has 1 aromatic heterocycles. The van der Waals surface area contributed by atoms with Crippen molar-refractivity contribution in [3.63, 3.8) is 0 Å². The van der Waals surface area contributed by atoms with Crippen molar-refractivity contribution in [1.29, 1.82) is 0 Å². The van der Waals surface area contributed by atoms with Gasteiger partial charge in [0.2, 0.25) is 0 Å². The molecule has 0 bridgehead atoms. The van der Waals surface area contributed by atoms with Crippen LogP contribution in [0.1, 0.15) is 33.5 Å². The molecule has 0 unspecified atom stereocenters. The number of carbonyl (C=O) groups is 2. The largest absolute Gasteiger partial charge is 0.496 e. The Morgan fingerprint density at radius 3 is 2.44 bits per heavy atom. The standard InChI is InChI=1S/C31H31FN4O5/c1-18-21(20-13-26(32)24(28(14-20)41-4)15-33-12-11-29(37)38)7-5-8-22(18)23-9-6-10-27(19(23)2)35-30(39)25-16-34-17-36(3)31(25)40/h5-10,13-14,16-17,33H,11-12,15H2,1-4H3,(H,35,39)(H,37,38). The van der Waals surface area contributed by atoms with Gasteiger partial charge in [-0.3, -0.25) is 14.4 Å². The van der Waals surface area contributed by atoms with Crippen LogP contribution in [0.25, 0.3) is 22.3 Å². The molecule has 212 valence electrons. The number of ether oxygens (including phenoxy) is 1. The van der Waals surface area contributed by atoms with Crippen molar-refractivity contribution in [2.75, 3.05) is 19.0 Å². The third kappa shape index (κ3) is 6.33. The highest BCUT2D eigenvalue weighted by Crippen LogP contribution is 2.37. The molecular weight excluding hydrogens is 527 g/mol. The van der Waals surface area contributed by atoms with E-state index in [9.17, 15) is 14.4 Å². The van der Waals surface area contributed by atoms with E-state index >= 15 is 4.39 Å². The molecule has 1 heterocycles. The van der Waals surface area contributed by atoms with E-state index in [1.54, 1.807) is 12.1 Å². The van der Waals surface area contributed by atoms with Crippen LogP contribution in [0.2, 0.25) is 0 Å². The number of nitrogens with zero attached hydrogens (tertiary/aromatic N) is 2. The molecule has 4 aromatic rings. The summed E-state index contributed by atoms with van der Waals surface area (Å²) in [5.41, 5.74) is 5.26. The number of carboxylic acid groups (broad SMARTS) is 1. The molecule has 0 radical (unpaired) electrons. The quantitative estimate of drug-likeness (QED) is 0.241. The third-order valence-electron chi connectivity index (χ3n) is 6.95. The summed E-state index contributed by atoms with van der Waals surface area (Å²) in [4.78, 5) is 40.0. The number of benzene rings is 3. The summed E-state index contributed by atoms with van der Waals surface area (Å²) < 4.78 is 22.0. The number of anilines is 1. The molecule has 9 nitrogen and oxygen atoms in total. The maximum absolute atomic E-state index is 15.3. The van der Waals surface area contributed by atoms with Crippen LogP contribution in [0, 0.1) is 19.7 Å². The van der Waals surface area contributed by atoms with E-state index < -0.39 is 23.3 Å². The Kier molecular flexibility index (Phi) is 8.94. The Morgan fingerprint density at radius 1 is 1.05 bits per heavy atom. The van der Waals surface area contributed by atoms with E-state index in [1.807, 2.05) is 44.2 Å². The number of nitrogens with one attached hydrogen (secondary N) is 2. The molecule has 0 spiro atoms. The van der Waals surface area contributed by atoms with E-state index in [2.05, 4.69) is 15.6 Å². The second-order valence-electron chi connectivity index (χ2n) is 9.59. The highest BCUT2D eigenvalue weighted by atomic mass is 19.1. The predicted octanol–water partition coefficient (Wildman–Crippen LogP) is 4.70. The maximum atomic E-state index is 15.3. The summed E-state index contributed by atoms with van der Waals surface area (Å²) in [6, 6.07) is 14.5. The van der Waals surface area contributed by atoms with Gasteiger partial charge in [-0.05, 0) is 65.4 Å². The van der Waals surface area contributed by atoms with Crippen LogP contribution in [-0.2, 0) is 18.4 Å². The lowest BCUT2D eigenvalue weighted by Crippen LogP contribution is -2.28. The van der Waals surface area contributed by atoms with E-state index in [-0.39, 0.29) is 25.1 Å². The molecule has 0 saturated heterocycles. The Balaban J connectivity index is 1.66. The first-order valence-electron chi connectivity index (χ1n) is 12.9. The number of halogens is 1. The van der Waals surface area contributed by atoms with Crippen molar-refractivity contribution < 1.29 is 23.8 Å². The van der Waals surface area contributed by atoms with Gasteiger partial charge in [-0.1, -0.05) is 30.3 Å². The number of carbonyl (C=O) groups excluding carboxylic acids is 1. The molecule has 0 fully saturated rings. The van der Waals surface area contributed by atoms with Gasteiger partial charge in [-0.25, -0.2) is 9.37 Å². The Morgan fingerprint density at radius 2 is 1.73 bits per heavy atom. The smallest absolute Gasteiger partial charge is 0.304 e. The van der Waals surface area contributed by atoms with Gasteiger partial charge in [0.25, 0.3) is 11.5 Å². The fraction of sp³-hybridized carbons (Fsp3) is 0.226. The van der Waals surface area contributed by atoms with Crippen molar-refractivity contribution >= 4 is 17.6 Å². The number of aromatic nitrogens is 2. The topological polar surface area (TPSA) is 123 Å². The average molecular weight is 559 g/mol. The number of hydrogen-bond acceptors (Lipinski definition) is 6. The monoisotopic (exact) mass is 558 g/mol. The van der Waals surface area contributed by atoms with Crippen LogP contribution in [0.5, 0.6) is 5.75 Å². The number of aliphatic carboxylic acids is 1. The molecule has 4 rings (SSSR count). The second kappa shape index (κ2) is 12.6. The van der Waals surface area contributed by atoms with Gasteiger partial charge in [-0.15, -0.1) is 0 Å². The number of amides is 1. The van der Waals surface area contributed by atoms with Crippen LogP contribution in [0.3, 0.4) is 0 Å². The molecule has 0 aliphatic carbocycles. The summed E-state index contributed by atoms with van der Waals surface area (Å²) in [7, 11) is 3.00. The Hall–Kier alpha value is -4.83. The average Bonchev–Trinajstić information content (AvgIpc) is 2.94. The van der Waals surface area contributed by atoms with Gasteiger partial charge in [0.1, 0.15) is 17.1 Å². The zero-order chi connectivity index (χ0) is 29.7. The van der Waals surface area contributed by atoms with Gasteiger partial charge in [0.15, 0.2) is 0 Å². The van der Waals surface area contributed by atoms with Crippen molar-refractivity contribution in [1.82, 2.24) is 14.9 Å². The summed E-state index contributed by atoms with van der Waals surface area (Å²) in [6.45, 7) is 4.16. The maximum Gasteiger partial charge on any atom is 0.304 e. The summed E-state index contributed by atoms with van der Waals surface area (Å²) in [5, 5.41) is 14.6. The molecule has 0 saturated carbocycles. The van der Waals surface area contributed by atoms with Gasteiger partial charge in [0, 0.05) is 37.6 Å². The van der Waals surface area contributed by atoms with E-state index in [0.29, 0.717) is 22.6 Å². The SMILES string of the molecule is COc1cc(-c2cccc(-c3cccc(NC(=O)c4cncn(C)c4=O)c3C)c2C)cc(F)c1CNCCC(=O)O. The van der Waals surface area contributed by atoms with Gasteiger partial charge < -0.3 is 25.0 Å². The van der Waals surface area contributed by atoms with Crippen molar-refractivity contribution in [3.05, 3.63) is 99.5 Å². The normalized spacial score (nSPS) is 10.9. The molecule has 3 N–H and O–H groups in total. The van der Waals surface area contributed by atoms with E-state index in [4.69, 9.17) is 9.84 Å². The lowest BCUT2D eigenvalue weighted by molar-refractivity contribution is -0.136. The predicted molar refractivity (Wildman–Crippen MR) is 155 cm³/mol. The molecule has 0 atom stereocenters. The fourth-order valence-electron chi connectivity index (χ4n) is 4.68. The summed E-state index contributed by atoms with van der Waals surface area (Å²) >= 11 is 0. The van der Waals surface area contributed by atoms with Crippen LogP contribution >= 0.6 is 0 Å². The Labute approximate surface area is 236 Å². The van der Waals surface area contributed by atoms with Gasteiger partial charge in [0.05, 0.1) is 19.9 Å². The first kappa shape index (κ1) is 29.2. The van der Waals surface area contributed by atoms with Crippen molar-refractivity contribution in [2.24, 2.45) is 7.05 Å². The molecule has 0 aliphatic rings. The summed E-state index contributed by atoms with van der Waals surface area (Å²) in [6.07, 6.45) is 2.52. The third-order valence-corrected chi connectivity index (χ3v) is 6.95. The highest BCUT2D eigenvalue weighted by molar-refractivity contribution is 6.04. The number of hydrogen-bond donors (Lipinski definition) is 3. The number of methoxy groups -OCH3 is 1. The van der Waals surface area contributed by atoms with Gasteiger partial charge in [-0.2, -0.15) is 0 Å². The van der Waals surface area contributed by atoms with Crippen molar-refractivity contribution in [3.8, 4) is 28.0 Å². The number of rotatable bonds is 10. The highest BCUT2D eigenvalue weighted by Gasteiger charge is 2.18. The summed E-state index contributed by atoms with van der Waals surface area (Å²) in [5.74, 6) is -1.59. The van der Waals surface area contributed by atoms with E-state index in [1.165, 1.54) is 37.3 Å². The van der Waals surface area contributed by atoms with Gasteiger partial charge >= 0.3 is 5.97 Å². The first-order chi connectivity index (χ1) is 19.6. The van der Waals surface area contributed by atoms with Crippen molar-refractivity contribution in [2.45, 2.75) is 26.8 Å². The molecule has 10 heteroatoms. The molecule has 1 amide bonds. The second-order valence-corrected chi connectivity index (χ2v) is 9.59. The lowest BCUT2D eigenvalue weighted by atomic mass is 9.90. The minimum absolute atomic E-state index is 0.0607. The zero-order valence-corrected chi connectivity index (χ0v) is 23.2. The molecule has 0 aliphatic heterocycles. The van der Waals surface area contributed by atoms with Crippen LogP contribution < -0.4 is 20.9 Å². The molecule has 41 heavy (non-hydrogen) atoms. The molecular formula is C31H31FN4O5. The van der Waals surface area contributed by atoms with Crippen LogP contribution in [0.15, 0.2) is 65.8 Å². The number of carboxylic acids is 1. The Bertz CT molecular complexity index is 1680. The number of aryl methyl sites for hydroxylation is 1. The zero-order valence-electron chi connectivity index (χ0n) is 23.2. The first-order valence-corrected chi connectivity index (χ1v) is 12.9. The minimum atomic E-state index is -0.932.